The van der Waals surface area contributed by atoms with Gasteiger partial charge in [-0.3, -0.25) is 9.69 Å². The Morgan fingerprint density at radius 3 is 2.41 bits per heavy atom. The number of benzene rings is 2. The van der Waals surface area contributed by atoms with Crippen LogP contribution in [-0.4, -0.2) is 62.6 Å². The average Bonchev–Trinajstić information content (AvgIpc) is 2.70. The smallest absolute Gasteiger partial charge is 0.255 e. The molecule has 1 aliphatic heterocycles. The fourth-order valence-electron chi connectivity index (χ4n) is 3.50. The number of hydrogen-bond donors (Lipinski definition) is 1. The summed E-state index contributed by atoms with van der Waals surface area (Å²) in [6.07, 6.45) is 0. The van der Waals surface area contributed by atoms with E-state index >= 15 is 0 Å². The molecule has 2 aromatic carbocycles. The van der Waals surface area contributed by atoms with E-state index in [9.17, 15) is 4.79 Å². The van der Waals surface area contributed by atoms with Gasteiger partial charge in [0, 0.05) is 32.7 Å². The number of nitrogens with zero attached hydrogens (tertiary/aromatic N) is 2. The van der Waals surface area contributed by atoms with Crippen LogP contribution in [0.4, 0.5) is 0 Å². The number of carbonyl (C=O) groups excluding carboxylic acids is 1. The summed E-state index contributed by atoms with van der Waals surface area (Å²) < 4.78 is 5.32. The van der Waals surface area contributed by atoms with E-state index in [4.69, 9.17) is 4.74 Å². The molecule has 0 bridgehead atoms. The van der Waals surface area contributed by atoms with Crippen LogP contribution in [0.3, 0.4) is 0 Å². The molecule has 0 aliphatic carbocycles. The number of amides is 1. The number of carbonyl (C=O) groups is 1. The lowest BCUT2D eigenvalue weighted by Gasteiger charge is -2.38. The van der Waals surface area contributed by atoms with Crippen molar-refractivity contribution in [2.24, 2.45) is 0 Å². The van der Waals surface area contributed by atoms with E-state index in [-0.39, 0.29) is 11.9 Å². The van der Waals surface area contributed by atoms with Crippen molar-refractivity contribution in [2.45, 2.75) is 13.0 Å². The van der Waals surface area contributed by atoms with Crippen molar-refractivity contribution >= 4 is 5.91 Å². The maximum atomic E-state index is 12.7. The van der Waals surface area contributed by atoms with Gasteiger partial charge in [-0.05, 0) is 31.7 Å². The Morgan fingerprint density at radius 2 is 1.74 bits per heavy atom. The zero-order valence-corrected chi connectivity index (χ0v) is 16.4. The Hall–Kier alpha value is -2.37. The van der Waals surface area contributed by atoms with Crippen LogP contribution >= 0.6 is 0 Å². The van der Waals surface area contributed by atoms with E-state index in [2.05, 4.69) is 53.4 Å². The Morgan fingerprint density at radius 1 is 1.07 bits per heavy atom. The third-order valence-corrected chi connectivity index (χ3v) is 5.25. The minimum atomic E-state index is -0.0984. The van der Waals surface area contributed by atoms with Gasteiger partial charge in [0.2, 0.25) is 0 Å². The van der Waals surface area contributed by atoms with E-state index in [1.54, 1.807) is 13.2 Å². The second kappa shape index (κ2) is 9.02. The number of hydrogen-bond acceptors (Lipinski definition) is 4. The molecule has 5 heteroatoms. The van der Waals surface area contributed by atoms with E-state index in [1.165, 1.54) is 11.1 Å². The fraction of sp³-hybridized carbons (Fsp3) is 0.409. The molecule has 0 spiro atoms. The molecule has 1 amide bonds. The maximum absolute atomic E-state index is 12.7. The van der Waals surface area contributed by atoms with Gasteiger partial charge in [0.1, 0.15) is 5.75 Å². The first-order chi connectivity index (χ1) is 13.1. The minimum Gasteiger partial charge on any atom is -0.496 e. The normalized spacial score (nSPS) is 16.7. The number of para-hydroxylation sites is 1. The van der Waals surface area contributed by atoms with Crippen molar-refractivity contribution in [2.75, 3.05) is 46.9 Å². The lowest BCUT2D eigenvalue weighted by molar-refractivity contribution is 0.0883. The van der Waals surface area contributed by atoms with Gasteiger partial charge in [-0.25, -0.2) is 0 Å². The number of nitrogens with one attached hydrogen (secondary N) is 1. The number of rotatable bonds is 6. The molecule has 144 valence electrons. The molecular weight excluding hydrogens is 338 g/mol. The van der Waals surface area contributed by atoms with Crippen molar-refractivity contribution in [3.8, 4) is 5.75 Å². The molecule has 1 N–H and O–H groups in total. The quantitative estimate of drug-likeness (QED) is 0.853. The summed E-state index contributed by atoms with van der Waals surface area (Å²) in [4.78, 5) is 17.5. The Labute approximate surface area is 161 Å². The van der Waals surface area contributed by atoms with Crippen molar-refractivity contribution in [1.29, 1.82) is 0 Å². The van der Waals surface area contributed by atoms with Crippen LogP contribution < -0.4 is 10.1 Å². The molecular formula is C22H29N3O2. The van der Waals surface area contributed by atoms with E-state index in [0.29, 0.717) is 17.9 Å². The summed E-state index contributed by atoms with van der Waals surface area (Å²) in [5.74, 6) is 0.500. The summed E-state index contributed by atoms with van der Waals surface area (Å²) in [6, 6.07) is 16.1. The standard InChI is InChI=1S/C22H29N3O2/c1-17-8-10-18(11-9-17)20(25-14-12-24(2)13-15-25)16-23-22(26)19-6-4-5-7-21(19)27-3/h4-11,20H,12-16H2,1-3H3,(H,23,26)/t20-/m0/s1. The summed E-state index contributed by atoms with van der Waals surface area (Å²) >= 11 is 0. The third-order valence-electron chi connectivity index (χ3n) is 5.25. The van der Waals surface area contributed by atoms with Crippen LogP contribution in [0, 0.1) is 6.92 Å². The molecule has 0 unspecified atom stereocenters. The molecule has 1 atom stereocenters. The molecule has 0 radical (unpaired) electrons. The minimum absolute atomic E-state index is 0.0984. The van der Waals surface area contributed by atoms with Crippen molar-refractivity contribution < 1.29 is 9.53 Å². The maximum Gasteiger partial charge on any atom is 0.255 e. The van der Waals surface area contributed by atoms with Gasteiger partial charge in [-0.2, -0.15) is 0 Å². The Kier molecular flexibility index (Phi) is 6.48. The number of aryl methyl sites for hydroxylation is 1. The predicted molar refractivity (Wildman–Crippen MR) is 108 cm³/mol. The van der Waals surface area contributed by atoms with Crippen molar-refractivity contribution in [3.05, 3.63) is 65.2 Å². The van der Waals surface area contributed by atoms with E-state index in [1.807, 2.05) is 18.2 Å². The SMILES string of the molecule is COc1ccccc1C(=O)NC[C@@H](c1ccc(C)cc1)N1CCN(C)CC1. The van der Waals surface area contributed by atoms with Gasteiger partial charge in [-0.15, -0.1) is 0 Å². The second-order valence-corrected chi connectivity index (χ2v) is 7.18. The molecule has 5 nitrogen and oxygen atoms in total. The van der Waals surface area contributed by atoms with Gasteiger partial charge >= 0.3 is 0 Å². The average molecular weight is 367 g/mol. The van der Waals surface area contributed by atoms with Crippen LogP contribution in [0.25, 0.3) is 0 Å². The lowest BCUT2D eigenvalue weighted by Crippen LogP contribution is -2.48. The highest BCUT2D eigenvalue weighted by molar-refractivity contribution is 5.96. The summed E-state index contributed by atoms with van der Waals surface area (Å²) in [7, 11) is 3.74. The van der Waals surface area contributed by atoms with Crippen molar-refractivity contribution in [1.82, 2.24) is 15.1 Å². The zero-order valence-electron chi connectivity index (χ0n) is 16.4. The molecule has 27 heavy (non-hydrogen) atoms. The van der Waals surface area contributed by atoms with E-state index in [0.717, 1.165) is 26.2 Å². The molecule has 1 fully saturated rings. The first-order valence-corrected chi connectivity index (χ1v) is 9.49. The first-order valence-electron chi connectivity index (χ1n) is 9.49. The molecule has 1 heterocycles. The van der Waals surface area contributed by atoms with Crippen LogP contribution in [-0.2, 0) is 0 Å². The first kappa shape index (κ1) is 19.4. The largest absolute Gasteiger partial charge is 0.496 e. The van der Waals surface area contributed by atoms with Gasteiger partial charge in [-0.1, -0.05) is 42.0 Å². The van der Waals surface area contributed by atoms with E-state index < -0.39 is 0 Å². The highest BCUT2D eigenvalue weighted by Crippen LogP contribution is 2.23. The van der Waals surface area contributed by atoms with Gasteiger partial charge in [0.15, 0.2) is 0 Å². The fourth-order valence-corrected chi connectivity index (χ4v) is 3.50. The summed E-state index contributed by atoms with van der Waals surface area (Å²) in [5.41, 5.74) is 3.06. The van der Waals surface area contributed by atoms with Crippen LogP contribution in [0.15, 0.2) is 48.5 Å². The Bertz CT molecular complexity index is 752. The van der Waals surface area contributed by atoms with Crippen LogP contribution in [0.1, 0.15) is 27.5 Å². The molecule has 0 aromatic heterocycles. The van der Waals surface area contributed by atoms with Crippen LogP contribution in [0.2, 0.25) is 0 Å². The van der Waals surface area contributed by atoms with Gasteiger partial charge in [0.05, 0.1) is 18.7 Å². The van der Waals surface area contributed by atoms with Gasteiger partial charge in [0.25, 0.3) is 5.91 Å². The molecule has 1 saturated heterocycles. The van der Waals surface area contributed by atoms with Crippen molar-refractivity contribution in [3.63, 3.8) is 0 Å². The zero-order chi connectivity index (χ0) is 19.2. The molecule has 1 aliphatic rings. The molecule has 2 aromatic rings. The highest BCUT2D eigenvalue weighted by Gasteiger charge is 2.25. The topological polar surface area (TPSA) is 44.8 Å². The number of likely N-dealkylation sites (N-methyl/N-ethyl adjacent to an activating group) is 1. The number of piperazine rings is 1. The lowest BCUT2D eigenvalue weighted by atomic mass is 10.0. The predicted octanol–water partition coefficient (Wildman–Crippen LogP) is 2.72. The van der Waals surface area contributed by atoms with Crippen LogP contribution in [0.5, 0.6) is 5.75 Å². The number of ether oxygens (including phenoxy) is 1. The number of methoxy groups -OCH3 is 1. The summed E-state index contributed by atoms with van der Waals surface area (Å²) in [6.45, 7) is 6.76. The highest BCUT2D eigenvalue weighted by atomic mass is 16.5. The summed E-state index contributed by atoms with van der Waals surface area (Å²) in [5, 5.41) is 3.12. The van der Waals surface area contributed by atoms with Gasteiger partial charge < -0.3 is 15.0 Å². The third kappa shape index (κ3) is 4.87. The Balaban J connectivity index is 1.75. The molecule has 3 rings (SSSR count). The second-order valence-electron chi connectivity index (χ2n) is 7.18. The monoisotopic (exact) mass is 367 g/mol. The molecule has 0 saturated carbocycles.